The molecule has 4 aliphatic rings. The molecule has 2 nitrogen and oxygen atoms in total. The number of carbonyl (C=O) groups excluding carboxylic acids is 2. The zero-order chi connectivity index (χ0) is 16.9. The van der Waals surface area contributed by atoms with Gasteiger partial charge < -0.3 is 0 Å². The maximum absolute atomic E-state index is 11.9. The molecule has 0 saturated heterocycles. The summed E-state index contributed by atoms with van der Waals surface area (Å²) in [5.74, 6) is 3.03. The molecule has 0 radical (unpaired) electrons. The maximum atomic E-state index is 11.9. The fourth-order valence-electron chi connectivity index (χ4n) is 6.05. The van der Waals surface area contributed by atoms with Crippen molar-refractivity contribution in [3.8, 4) is 0 Å². The zero-order valence-corrected chi connectivity index (χ0v) is 14.9. The lowest BCUT2D eigenvalue weighted by atomic mass is 9.50. The van der Waals surface area contributed by atoms with Crippen LogP contribution in [0.5, 0.6) is 0 Å². The van der Waals surface area contributed by atoms with Crippen molar-refractivity contribution < 1.29 is 9.59 Å². The molecule has 0 amide bonds. The van der Waals surface area contributed by atoms with E-state index >= 15 is 0 Å². The van der Waals surface area contributed by atoms with E-state index in [2.05, 4.69) is 25.2 Å². The number of rotatable bonds is 2. The van der Waals surface area contributed by atoms with E-state index in [9.17, 15) is 9.59 Å². The molecule has 2 saturated carbocycles. The van der Waals surface area contributed by atoms with E-state index in [0.717, 1.165) is 19.3 Å². The van der Waals surface area contributed by atoms with Crippen molar-refractivity contribution in [3.05, 3.63) is 35.5 Å². The Balaban J connectivity index is 1.73. The molecule has 4 aliphatic carbocycles. The molecular formula is C22H28O2. The van der Waals surface area contributed by atoms with Crippen molar-refractivity contribution in [2.75, 3.05) is 0 Å². The van der Waals surface area contributed by atoms with Crippen LogP contribution in [0.3, 0.4) is 0 Å². The van der Waals surface area contributed by atoms with Gasteiger partial charge in [0.1, 0.15) is 5.78 Å². The third-order valence-corrected chi connectivity index (χ3v) is 7.07. The molecule has 0 aromatic carbocycles. The van der Waals surface area contributed by atoms with Crippen LogP contribution in [0.4, 0.5) is 0 Å². The van der Waals surface area contributed by atoms with Crippen molar-refractivity contribution in [1.29, 1.82) is 0 Å². The molecule has 128 valence electrons. The second-order valence-corrected chi connectivity index (χ2v) is 8.73. The molecule has 0 aromatic rings. The van der Waals surface area contributed by atoms with Gasteiger partial charge in [0, 0.05) is 12.8 Å². The van der Waals surface area contributed by atoms with Crippen LogP contribution in [0, 0.1) is 29.1 Å². The minimum Gasteiger partial charge on any atom is -0.300 e. The van der Waals surface area contributed by atoms with E-state index in [0.29, 0.717) is 47.7 Å². The highest BCUT2D eigenvalue weighted by atomic mass is 16.1. The summed E-state index contributed by atoms with van der Waals surface area (Å²) >= 11 is 0. The normalized spacial score (nSPS) is 42.3. The van der Waals surface area contributed by atoms with Crippen molar-refractivity contribution in [3.63, 3.8) is 0 Å². The van der Waals surface area contributed by atoms with Crippen molar-refractivity contribution in [2.24, 2.45) is 29.1 Å². The predicted octanol–water partition coefficient (Wildman–Crippen LogP) is 4.81. The summed E-state index contributed by atoms with van der Waals surface area (Å²) in [6.07, 6.45) is 15.9. The first-order valence-electron chi connectivity index (χ1n) is 9.56. The van der Waals surface area contributed by atoms with Crippen LogP contribution in [-0.2, 0) is 9.59 Å². The van der Waals surface area contributed by atoms with Gasteiger partial charge in [0.15, 0.2) is 5.78 Å². The van der Waals surface area contributed by atoms with E-state index in [4.69, 9.17) is 0 Å². The van der Waals surface area contributed by atoms with Crippen LogP contribution in [0.15, 0.2) is 35.5 Å². The molecule has 0 spiro atoms. The standard InChI is InChI=1S/C22H28O2/c1-14(23)5-6-16-13-22(2)11-3-4-20(22)19-9-7-15-12-17(24)8-10-18(15)21(16)19/h3-4,6,12,18-21H,5,7-11,13H2,1-2H3/t18-,19-,20-,21+,22-/m0/s1. The fraction of sp³-hybridized carbons (Fsp3) is 0.636. The van der Waals surface area contributed by atoms with Gasteiger partial charge in [-0.25, -0.2) is 0 Å². The van der Waals surface area contributed by atoms with E-state index in [1.165, 1.54) is 24.0 Å². The predicted molar refractivity (Wildman–Crippen MR) is 95.4 cm³/mol. The number of Topliss-reactive ketones (excluding diaryl/α,β-unsaturated/α-hetero) is 1. The van der Waals surface area contributed by atoms with E-state index < -0.39 is 0 Å². The van der Waals surface area contributed by atoms with Gasteiger partial charge >= 0.3 is 0 Å². The summed E-state index contributed by atoms with van der Waals surface area (Å²) in [5.41, 5.74) is 3.25. The van der Waals surface area contributed by atoms with E-state index in [1.807, 2.05) is 6.08 Å². The largest absolute Gasteiger partial charge is 0.300 e. The Morgan fingerprint density at radius 1 is 1.33 bits per heavy atom. The monoisotopic (exact) mass is 324 g/mol. The number of hydrogen-bond donors (Lipinski definition) is 0. The van der Waals surface area contributed by atoms with Gasteiger partial charge in [0.25, 0.3) is 0 Å². The fourth-order valence-corrected chi connectivity index (χ4v) is 6.05. The topological polar surface area (TPSA) is 34.1 Å². The van der Waals surface area contributed by atoms with Crippen LogP contribution < -0.4 is 0 Å². The van der Waals surface area contributed by atoms with Crippen molar-refractivity contribution >= 4 is 11.6 Å². The molecule has 2 heteroatoms. The number of ketones is 2. The average molecular weight is 324 g/mol. The Hall–Kier alpha value is -1.44. The van der Waals surface area contributed by atoms with Crippen LogP contribution in [-0.4, -0.2) is 11.6 Å². The van der Waals surface area contributed by atoms with Gasteiger partial charge in [-0.1, -0.05) is 36.3 Å². The van der Waals surface area contributed by atoms with E-state index in [1.54, 1.807) is 6.92 Å². The van der Waals surface area contributed by atoms with Crippen LogP contribution >= 0.6 is 0 Å². The highest BCUT2D eigenvalue weighted by molar-refractivity contribution is 5.91. The Morgan fingerprint density at radius 2 is 2.17 bits per heavy atom. The number of carbonyl (C=O) groups is 2. The number of allylic oxidation sites excluding steroid dienone is 6. The van der Waals surface area contributed by atoms with Gasteiger partial charge in [-0.2, -0.15) is 0 Å². The second-order valence-electron chi connectivity index (χ2n) is 8.73. The number of fused-ring (bicyclic) bond motifs is 5. The molecule has 4 rings (SSSR count). The van der Waals surface area contributed by atoms with Gasteiger partial charge in [-0.05, 0) is 74.2 Å². The number of hydrogen-bond acceptors (Lipinski definition) is 2. The first-order chi connectivity index (χ1) is 11.5. The lowest BCUT2D eigenvalue weighted by Gasteiger charge is -2.53. The Morgan fingerprint density at radius 3 is 2.96 bits per heavy atom. The van der Waals surface area contributed by atoms with E-state index in [-0.39, 0.29) is 5.78 Å². The third-order valence-electron chi connectivity index (χ3n) is 7.07. The molecule has 0 bridgehead atoms. The Kier molecular flexibility index (Phi) is 3.89. The molecule has 5 atom stereocenters. The summed E-state index contributed by atoms with van der Waals surface area (Å²) < 4.78 is 0. The summed E-state index contributed by atoms with van der Waals surface area (Å²) in [7, 11) is 0. The zero-order valence-electron chi connectivity index (χ0n) is 14.9. The molecule has 0 N–H and O–H groups in total. The third kappa shape index (κ3) is 2.55. The molecule has 2 fully saturated rings. The van der Waals surface area contributed by atoms with Crippen molar-refractivity contribution in [2.45, 2.75) is 58.8 Å². The van der Waals surface area contributed by atoms with Crippen LogP contribution in [0.25, 0.3) is 0 Å². The molecule has 0 unspecified atom stereocenters. The minimum atomic E-state index is 0.251. The van der Waals surface area contributed by atoms with Crippen LogP contribution in [0.1, 0.15) is 58.8 Å². The Bertz CT molecular complexity index is 665. The average Bonchev–Trinajstić information content (AvgIpc) is 2.93. The molecule has 0 aliphatic heterocycles. The van der Waals surface area contributed by atoms with Crippen LogP contribution in [0.2, 0.25) is 0 Å². The summed E-state index contributed by atoms with van der Waals surface area (Å²) in [5, 5.41) is 0. The summed E-state index contributed by atoms with van der Waals surface area (Å²) in [6, 6.07) is 0. The summed E-state index contributed by atoms with van der Waals surface area (Å²) in [4.78, 5) is 23.4. The maximum Gasteiger partial charge on any atom is 0.155 e. The summed E-state index contributed by atoms with van der Waals surface area (Å²) in [6.45, 7) is 4.12. The lowest BCUT2D eigenvalue weighted by molar-refractivity contribution is -0.116. The molecular weight excluding hydrogens is 296 g/mol. The highest BCUT2D eigenvalue weighted by Crippen LogP contribution is 2.61. The van der Waals surface area contributed by atoms with Gasteiger partial charge in [0.2, 0.25) is 0 Å². The second kappa shape index (κ2) is 5.82. The van der Waals surface area contributed by atoms with Gasteiger partial charge in [-0.15, -0.1) is 0 Å². The minimum absolute atomic E-state index is 0.251. The first kappa shape index (κ1) is 16.1. The SMILES string of the molecule is CC(=O)CC=C1C[C@]2(C)CC=C[C@H]2[C@@H]2CCC3=CC(=O)CC[C@@H]3[C@@H]12. The molecule has 24 heavy (non-hydrogen) atoms. The van der Waals surface area contributed by atoms with Crippen molar-refractivity contribution in [1.82, 2.24) is 0 Å². The highest BCUT2D eigenvalue weighted by Gasteiger charge is 2.52. The van der Waals surface area contributed by atoms with Gasteiger partial charge in [-0.3, -0.25) is 9.59 Å². The quantitative estimate of drug-likeness (QED) is 0.683. The molecule has 0 aromatic heterocycles. The molecule has 0 heterocycles. The first-order valence-corrected chi connectivity index (χ1v) is 9.56. The smallest absolute Gasteiger partial charge is 0.155 e. The Labute approximate surface area is 145 Å². The van der Waals surface area contributed by atoms with Gasteiger partial charge in [0.05, 0.1) is 0 Å². The lowest BCUT2D eigenvalue weighted by Crippen LogP contribution is -2.46.